The number of benzene rings is 3. The summed E-state index contributed by atoms with van der Waals surface area (Å²) in [5.74, 6) is -0.570. The molecule has 10 heteroatoms. The van der Waals surface area contributed by atoms with Crippen molar-refractivity contribution in [2.45, 2.75) is 19.4 Å². The van der Waals surface area contributed by atoms with Crippen molar-refractivity contribution in [2.75, 3.05) is 14.2 Å². The highest BCUT2D eigenvalue weighted by molar-refractivity contribution is 14.1. The number of ketones is 1. The second-order valence-electron chi connectivity index (χ2n) is 9.00. The maximum atomic E-state index is 13.6. The fraction of sp³-hybridized carbons (Fsp3) is 0.172. The van der Waals surface area contributed by atoms with Gasteiger partial charge in [-0.2, -0.15) is 0 Å². The van der Waals surface area contributed by atoms with Crippen LogP contribution in [0.1, 0.15) is 39.9 Å². The topological polar surface area (TPSA) is 117 Å². The number of nitro benzene ring substituents is 1. The van der Waals surface area contributed by atoms with Gasteiger partial charge in [-0.3, -0.25) is 14.9 Å². The van der Waals surface area contributed by atoms with Gasteiger partial charge in [0, 0.05) is 40.4 Å². The molecule has 1 N–H and O–H groups in total. The fourth-order valence-electron chi connectivity index (χ4n) is 5.00. The number of carbonyl (C=O) groups is 2. The lowest BCUT2D eigenvalue weighted by Gasteiger charge is -2.29. The van der Waals surface area contributed by atoms with Crippen molar-refractivity contribution in [3.63, 3.8) is 0 Å². The number of nitrogens with one attached hydrogen (secondary N) is 1. The molecule has 0 saturated carbocycles. The van der Waals surface area contributed by atoms with Crippen LogP contribution in [0.4, 0.5) is 5.69 Å². The number of nitro groups is 1. The molecule has 0 radical (unpaired) electrons. The highest BCUT2D eigenvalue weighted by atomic mass is 127. The minimum absolute atomic E-state index is 0.0252. The van der Waals surface area contributed by atoms with Gasteiger partial charge >= 0.3 is 5.97 Å². The quantitative estimate of drug-likeness (QED) is 0.156. The molecule has 3 aromatic rings. The molecular weight excluding hydrogens is 615 g/mol. The summed E-state index contributed by atoms with van der Waals surface area (Å²) in [4.78, 5) is 37.3. The normalized spacial score (nSPS) is 15.9. The molecule has 0 aromatic heterocycles. The highest BCUT2D eigenvalue weighted by Gasteiger charge is 2.43. The molecule has 198 valence electrons. The number of hydrogen-bond donors (Lipinski definition) is 1. The van der Waals surface area contributed by atoms with E-state index < -0.39 is 16.8 Å². The van der Waals surface area contributed by atoms with Gasteiger partial charge in [-0.25, -0.2) is 4.79 Å². The van der Waals surface area contributed by atoms with Crippen LogP contribution in [0.25, 0.3) is 5.70 Å². The first-order chi connectivity index (χ1) is 18.7. The van der Waals surface area contributed by atoms with E-state index in [9.17, 15) is 19.7 Å². The van der Waals surface area contributed by atoms with Crippen LogP contribution in [0.2, 0.25) is 0 Å². The zero-order chi connectivity index (χ0) is 27.8. The predicted molar refractivity (Wildman–Crippen MR) is 151 cm³/mol. The van der Waals surface area contributed by atoms with Gasteiger partial charge in [-0.05, 0) is 52.8 Å². The Hall–Kier alpha value is -4.19. The van der Waals surface area contributed by atoms with E-state index in [-0.39, 0.29) is 18.1 Å². The summed E-state index contributed by atoms with van der Waals surface area (Å²) in [6.45, 7) is 1.86. The maximum absolute atomic E-state index is 13.6. The third-order valence-electron chi connectivity index (χ3n) is 6.74. The number of allylic oxidation sites excluding steroid dienone is 2. The van der Waals surface area contributed by atoms with E-state index >= 15 is 0 Å². The second-order valence-corrected chi connectivity index (χ2v) is 10.2. The van der Waals surface area contributed by atoms with Gasteiger partial charge in [0.2, 0.25) is 0 Å². The lowest BCUT2D eigenvalue weighted by molar-refractivity contribution is -0.384. The monoisotopic (exact) mass is 638 g/mol. The molecule has 0 unspecified atom stereocenters. The Bertz CT molecular complexity index is 1610. The molecule has 3 aromatic carbocycles. The molecule has 1 aliphatic carbocycles. The van der Waals surface area contributed by atoms with Crippen LogP contribution in [0.15, 0.2) is 77.5 Å². The summed E-state index contributed by atoms with van der Waals surface area (Å²) < 4.78 is 17.5. The molecular formula is C29H23IN2O7. The number of Topliss-reactive ketones (excluding diaryl/α,β-unsaturated/α-hetero) is 1. The molecule has 2 aliphatic rings. The van der Waals surface area contributed by atoms with Gasteiger partial charge in [0.15, 0.2) is 17.3 Å². The molecule has 0 amide bonds. The number of hydrogen-bond acceptors (Lipinski definition) is 8. The van der Waals surface area contributed by atoms with Crippen LogP contribution in [0, 0.1) is 13.7 Å². The Balaban J connectivity index is 1.58. The van der Waals surface area contributed by atoms with Crippen molar-refractivity contribution in [3.8, 4) is 11.5 Å². The van der Waals surface area contributed by atoms with E-state index in [1.54, 1.807) is 31.2 Å². The Labute approximate surface area is 237 Å². The lowest BCUT2D eigenvalue weighted by atomic mass is 9.79. The predicted octanol–water partition coefficient (Wildman–Crippen LogP) is 5.53. The Kier molecular flexibility index (Phi) is 7.13. The Morgan fingerprint density at radius 2 is 1.82 bits per heavy atom. The van der Waals surface area contributed by atoms with Crippen molar-refractivity contribution in [1.82, 2.24) is 5.32 Å². The second kappa shape index (κ2) is 10.5. The van der Waals surface area contributed by atoms with E-state index in [1.807, 2.05) is 24.3 Å². The molecule has 9 nitrogen and oxygen atoms in total. The van der Waals surface area contributed by atoms with Gasteiger partial charge in [-0.1, -0.05) is 36.4 Å². The van der Waals surface area contributed by atoms with Gasteiger partial charge in [0.05, 0.1) is 34.0 Å². The maximum Gasteiger partial charge on any atom is 0.336 e. The number of halogens is 1. The molecule has 1 atom stereocenters. The zero-order valence-corrected chi connectivity index (χ0v) is 23.4. The Morgan fingerprint density at radius 3 is 2.51 bits per heavy atom. The number of fused-ring (bicyclic) bond motifs is 2. The summed E-state index contributed by atoms with van der Waals surface area (Å²) in [5.41, 5.74) is 4.67. The molecule has 0 bridgehead atoms. The lowest BCUT2D eigenvalue weighted by Crippen LogP contribution is -2.29. The van der Waals surface area contributed by atoms with Crippen LogP contribution in [-0.4, -0.2) is 30.9 Å². The minimum Gasteiger partial charge on any atom is -0.493 e. The van der Waals surface area contributed by atoms with E-state index in [1.165, 1.54) is 26.4 Å². The van der Waals surface area contributed by atoms with E-state index in [2.05, 4.69) is 27.9 Å². The zero-order valence-electron chi connectivity index (χ0n) is 21.2. The minimum atomic E-state index is -0.707. The van der Waals surface area contributed by atoms with Gasteiger partial charge in [0.1, 0.15) is 6.61 Å². The number of carbonyl (C=O) groups excluding carboxylic acids is 2. The van der Waals surface area contributed by atoms with Crippen LogP contribution in [0.5, 0.6) is 11.5 Å². The average Bonchev–Trinajstić information content (AvgIpc) is 3.22. The molecule has 5 rings (SSSR count). The number of dihydropyridines is 1. The third kappa shape index (κ3) is 4.65. The highest BCUT2D eigenvalue weighted by Crippen LogP contribution is 2.48. The summed E-state index contributed by atoms with van der Waals surface area (Å²) >= 11 is 2.11. The SMILES string of the molecule is COC(=O)C1=C(C)NC2=C(C(=O)c3ccccc32)[C@@H]1c1cc(I)c(OCc2cccc([N+](=O)[O-])c2)c(OC)c1. The summed E-state index contributed by atoms with van der Waals surface area (Å²) in [6.07, 6.45) is 0. The summed E-state index contributed by atoms with van der Waals surface area (Å²) in [7, 11) is 2.81. The van der Waals surface area contributed by atoms with Gasteiger partial charge in [0.25, 0.3) is 5.69 Å². The number of methoxy groups -OCH3 is 2. The van der Waals surface area contributed by atoms with Crippen molar-refractivity contribution in [3.05, 3.63) is 113 Å². The van der Waals surface area contributed by atoms with Crippen LogP contribution < -0.4 is 14.8 Å². The van der Waals surface area contributed by atoms with Crippen molar-refractivity contribution in [1.29, 1.82) is 0 Å². The molecule has 0 saturated heterocycles. The summed E-state index contributed by atoms with van der Waals surface area (Å²) in [5, 5.41) is 14.4. The standard InChI is InChI=1S/C29H23IN2O7/c1-15-23(29(34)38-3)24(25-26(31-15)19-9-4-5-10-20(19)27(25)33)17-12-21(30)28(22(13-17)37-2)39-14-16-7-6-8-18(11-16)32(35)36/h4-13,24,31H,14H2,1-3H3/t24-/m1/s1. The first kappa shape index (κ1) is 26.4. The number of rotatable bonds is 7. The van der Waals surface area contributed by atoms with Gasteiger partial charge in [-0.15, -0.1) is 0 Å². The van der Waals surface area contributed by atoms with Crippen molar-refractivity contribution in [2.24, 2.45) is 0 Å². The number of ether oxygens (including phenoxy) is 3. The van der Waals surface area contributed by atoms with Crippen LogP contribution in [-0.2, 0) is 16.1 Å². The first-order valence-corrected chi connectivity index (χ1v) is 13.0. The smallest absolute Gasteiger partial charge is 0.336 e. The van der Waals surface area contributed by atoms with Crippen molar-refractivity contribution >= 4 is 45.7 Å². The van der Waals surface area contributed by atoms with Crippen LogP contribution >= 0.6 is 22.6 Å². The molecule has 1 aliphatic heterocycles. The van der Waals surface area contributed by atoms with Crippen molar-refractivity contribution < 1.29 is 28.7 Å². The Morgan fingerprint density at radius 1 is 1.08 bits per heavy atom. The van der Waals surface area contributed by atoms with Crippen LogP contribution in [0.3, 0.4) is 0 Å². The van der Waals surface area contributed by atoms with E-state index in [4.69, 9.17) is 14.2 Å². The molecule has 0 spiro atoms. The third-order valence-corrected chi connectivity index (χ3v) is 7.55. The number of non-ortho nitro benzene ring substituents is 1. The largest absolute Gasteiger partial charge is 0.493 e. The fourth-order valence-corrected chi connectivity index (χ4v) is 5.79. The average molecular weight is 638 g/mol. The van der Waals surface area contributed by atoms with E-state index in [0.717, 1.165) is 5.56 Å². The van der Waals surface area contributed by atoms with E-state index in [0.29, 0.717) is 54.3 Å². The summed E-state index contributed by atoms with van der Waals surface area (Å²) in [6, 6.07) is 17.1. The number of nitrogens with zero attached hydrogens (tertiary/aromatic N) is 1. The van der Waals surface area contributed by atoms with Gasteiger partial charge < -0.3 is 19.5 Å². The number of esters is 1. The first-order valence-electron chi connectivity index (χ1n) is 11.9. The molecule has 1 heterocycles. The molecule has 39 heavy (non-hydrogen) atoms. The molecule has 0 fully saturated rings.